The Hall–Kier alpha value is -2.61. The first-order chi connectivity index (χ1) is 9.63. The van der Waals surface area contributed by atoms with Crippen LogP contribution in [-0.4, -0.2) is 9.97 Å². The first kappa shape index (κ1) is 13.8. The summed E-state index contributed by atoms with van der Waals surface area (Å²) in [7, 11) is 0. The van der Waals surface area contributed by atoms with Crippen molar-refractivity contribution in [2.24, 2.45) is 0 Å². The first-order valence-electron chi connectivity index (χ1n) is 6.54. The lowest BCUT2D eigenvalue weighted by atomic mass is 10.2. The van der Waals surface area contributed by atoms with Gasteiger partial charge in [-0.2, -0.15) is 5.26 Å². The molecule has 5 nitrogen and oxygen atoms in total. The SMILES string of the molecule is CCCc1nc(N)c(C)c(Nc2cccc(C#N)c2)n1. The zero-order valence-corrected chi connectivity index (χ0v) is 11.6. The van der Waals surface area contributed by atoms with Crippen molar-refractivity contribution in [3.63, 3.8) is 0 Å². The summed E-state index contributed by atoms with van der Waals surface area (Å²) in [5.41, 5.74) is 8.14. The maximum Gasteiger partial charge on any atom is 0.139 e. The molecular formula is C15H17N5. The fraction of sp³-hybridized carbons (Fsp3) is 0.267. The highest BCUT2D eigenvalue weighted by atomic mass is 15.1. The fourth-order valence-electron chi connectivity index (χ4n) is 1.84. The van der Waals surface area contributed by atoms with Gasteiger partial charge in [0, 0.05) is 17.7 Å². The van der Waals surface area contributed by atoms with Gasteiger partial charge in [0.25, 0.3) is 0 Å². The van der Waals surface area contributed by atoms with Crippen LogP contribution in [0.15, 0.2) is 24.3 Å². The number of hydrogen-bond donors (Lipinski definition) is 2. The van der Waals surface area contributed by atoms with Crippen LogP contribution in [-0.2, 0) is 6.42 Å². The Bertz CT molecular complexity index is 658. The molecule has 5 heteroatoms. The molecule has 102 valence electrons. The molecule has 0 saturated heterocycles. The van der Waals surface area contributed by atoms with Gasteiger partial charge in [0.1, 0.15) is 17.5 Å². The Morgan fingerprint density at radius 3 is 2.85 bits per heavy atom. The number of aryl methyl sites for hydroxylation is 1. The number of nitriles is 1. The van der Waals surface area contributed by atoms with Gasteiger partial charge in [-0.1, -0.05) is 13.0 Å². The highest BCUT2D eigenvalue weighted by Gasteiger charge is 2.08. The van der Waals surface area contributed by atoms with Crippen LogP contribution in [0, 0.1) is 18.3 Å². The summed E-state index contributed by atoms with van der Waals surface area (Å²) < 4.78 is 0. The molecule has 1 aromatic heterocycles. The molecule has 2 aromatic rings. The largest absolute Gasteiger partial charge is 0.383 e. The van der Waals surface area contributed by atoms with Gasteiger partial charge in [-0.05, 0) is 31.5 Å². The second-order valence-corrected chi connectivity index (χ2v) is 4.57. The van der Waals surface area contributed by atoms with E-state index in [0.29, 0.717) is 17.2 Å². The summed E-state index contributed by atoms with van der Waals surface area (Å²) in [6.45, 7) is 3.95. The van der Waals surface area contributed by atoms with E-state index in [1.165, 1.54) is 0 Å². The molecule has 0 atom stereocenters. The predicted molar refractivity (Wildman–Crippen MR) is 79.6 cm³/mol. The van der Waals surface area contributed by atoms with Gasteiger partial charge >= 0.3 is 0 Å². The van der Waals surface area contributed by atoms with Crippen LogP contribution in [0.5, 0.6) is 0 Å². The lowest BCUT2D eigenvalue weighted by Crippen LogP contribution is -2.07. The van der Waals surface area contributed by atoms with Crippen LogP contribution < -0.4 is 11.1 Å². The summed E-state index contributed by atoms with van der Waals surface area (Å²) in [4.78, 5) is 8.76. The third kappa shape index (κ3) is 3.04. The minimum Gasteiger partial charge on any atom is -0.383 e. The van der Waals surface area contributed by atoms with Gasteiger partial charge < -0.3 is 11.1 Å². The molecular weight excluding hydrogens is 250 g/mol. The quantitative estimate of drug-likeness (QED) is 0.889. The molecule has 0 saturated carbocycles. The Kier molecular flexibility index (Phi) is 4.16. The second-order valence-electron chi connectivity index (χ2n) is 4.57. The zero-order valence-electron chi connectivity index (χ0n) is 11.6. The van der Waals surface area contributed by atoms with E-state index >= 15 is 0 Å². The van der Waals surface area contributed by atoms with Crippen LogP contribution >= 0.6 is 0 Å². The van der Waals surface area contributed by atoms with Gasteiger partial charge in [0.05, 0.1) is 11.6 Å². The van der Waals surface area contributed by atoms with Gasteiger partial charge in [-0.25, -0.2) is 9.97 Å². The van der Waals surface area contributed by atoms with Crippen molar-refractivity contribution in [2.45, 2.75) is 26.7 Å². The van der Waals surface area contributed by atoms with Crippen LogP contribution in [0.3, 0.4) is 0 Å². The number of anilines is 3. The lowest BCUT2D eigenvalue weighted by Gasteiger charge is -2.12. The predicted octanol–water partition coefficient (Wildman–Crippen LogP) is 2.94. The van der Waals surface area contributed by atoms with E-state index in [-0.39, 0.29) is 0 Å². The lowest BCUT2D eigenvalue weighted by molar-refractivity contribution is 0.836. The molecule has 20 heavy (non-hydrogen) atoms. The summed E-state index contributed by atoms with van der Waals surface area (Å²) in [6.07, 6.45) is 1.75. The monoisotopic (exact) mass is 267 g/mol. The molecule has 1 aromatic carbocycles. The van der Waals surface area contributed by atoms with Crippen molar-refractivity contribution in [1.82, 2.24) is 9.97 Å². The maximum absolute atomic E-state index is 8.92. The number of nitrogens with two attached hydrogens (primary N) is 1. The highest BCUT2D eigenvalue weighted by Crippen LogP contribution is 2.22. The summed E-state index contributed by atoms with van der Waals surface area (Å²) in [5.74, 6) is 1.91. The zero-order chi connectivity index (χ0) is 14.5. The average Bonchev–Trinajstić information content (AvgIpc) is 2.45. The molecule has 0 bridgehead atoms. The third-order valence-corrected chi connectivity index (χ3v) is 2.96. The van der Waals surface area contributed by atoms with Gasteiger partial charge in [0.2, 0.25) is 0 Å². The van der Waals surface area contributed by atoms with Crippen molar-refractivity contribution in [3.05, 3.63) is 41.2 Å². The van der Waals surface area contributed by atoms with Gasteiger partial charge in [0.15, 0.2) is 0 Å². The smallest absolute Gasteiger partial charge is 0.139 e. The number of hydrogen-bond acceptors (Lipinski definition) is 5. The van der Waals surface area contributed by atoms with Gasteiger partial charge in [-0.3, -0.25) is 0 Å². The molecule has 0 aliphatic carbocycles. The van der Waals surface area contributed by atoms with E-state index in [4.69, 9.17) is 11.0 Å². The van der Waals surface area contributed by atoms with E-state index < -0.39 is 0 Å². The van der Waals surface area contributed by atoms with Crippen LogP contribution in [0.25, 0.3) is 0 Å². The van der Waals surface area contributed by atoms with Crippen molar-refractivity contribution in [2.75, 3.05) is 11.1 Å². The van der Waals surface area contributed by atoms with Crippen molar-refractivity contribution in [3.8, 4) is 6.07 Å². The Morgan fingerprint density at radius 2 is 2.15 bits per heavy atom. The molecule has 1 heterocycles. The molecule has 0 radical (unpaired) electrons. The van der Waals surface area contributed by atoms with Crippen LogP contribution in [0.2, 0.25) is 0 Å². The van der Waals surface area contributed by atoms with Crippen molar-refractivity contribution < 1.29 is 0 Å². The Balaban J connectivity index is 2.34. The first-order valence-corrected chi connectivity index (χ1v) is 6.54. The number of nitrogens with zero attached hydrogens (tertiary/aromatic N) is 3. The topological polar surface area (TPSA) is 87.6 Å². The Morgan fingerprint density at radius 1 is 1.35 bits per heavy atom. The van der Waals surface area contributed by atoms with Crippen molar-refractivity contribution in [1.29, 1.82) is 5.26 Å². The molecule has 0 amide bonds. The summed E-state index contributed by atoms with van der Waals surface area (Å²) in [5, 5.41) is 12.1. The molecule has 0 aliphatic rings. The number of rotatable bonds is 4. The molecule has 0 unspecified atom stereocenters. The second kappa shape index (κ2) is 6.02. The molecule has 3 N–H and O–H groups in total. The van der Waals surface area contributed by atoms with Crippen molar-refractivity contribution >= 4 is 17.3 Å². The summed E-state index contributed by atoms with van der Waals surface area (Å²) in [6, 6.07) is 9.36. The van der Waals surface area contributed by atoms with Crippen LogP contribution in [0.4, 0.5) is 17.3 Å². The molecule has 0 aliphatic heterocycles. The minimum atomic E-state index is 0.488. The number of nitrogens with one attached hydrogen (secondary N) is 1. The van der Waals surface area contributed by atoms with Crippen LogP contribution in [0.1, 0.15) is 30.3 Å². The fourth-order valence-corrected chi connectivity index (χ4v) is 1.84. The van der Waals surface area contributed by atoms with E-state index in [1.54, 1.807) is 12.1 Å². The number of benzene rings is 1. The average molecular weight is 267 g/mol. The standard InChI is InChI=1S/C15H17N5/c1-3-5-13-19-14(17)10(2)15(20-13)18-12-7-4-6-11(8-12)9-16/h4,6-8H,3,5H2,1-2H3,(H3,17,18,19,20). The number of nitrogen functional groups attached to an aromatic ring is 1. The summed E-state index contributed by atoms with van der Waals surface area (Å²) >= 11 is 0. The Labute approximate surface area is 118 Å². The van der Waals surface area contributed by atoms with E-state index in [0.717, 1.165) is 29.9 Å². The molecule has 0 fully saturated rings. The molecule has 0 spiro atoms. The third-order valence-electron chi connectivity index (χ3n) is 2.96. The minimum absolute atomic E-state index is 0.488. The van der Waals surface area contributed by atoms with E-state index in [1.807, 2.05) is 19.1 Å². The highest BCUT2D eigenvalue weighted by molar-refractivity contribution is 5.64. The van der Waals surface area contributed by atoms with E-state index in [2.05, 4.69) is 28.3 Å². The maximum atomic E-state index is 8.92. The molecule has 2 rings (SSSR count). The number of aromatic nitrogens is 2. The van der Waals surface area contributed by atoms with E-state index in [9.17, 15) is 0 Å². The normalized spacial score (nSPS) is 10.1. The van der Waals surface area contributed by atoms with Gasteiger partial charge in [-0.15, -0.1) is 0 Å².